The number of esters is 1. The fourth-order valence-corrected chi connectivity index (χ4v) is 0.281. The summed E-state index contributed by atoms with van der Waals surface area (Å²) in [6.07, 6.45) is 4.79. The van der Waals surface area contributed by atoms with Gasteiger partial charge in [0.05, 0.1) is 0 Å². The molecule has 0 aromatic carbocycles. The molecule has 0 aliphatic rings. The minimum Gasteiger partial charge on any atom is -0.450 e. The van der Waals surface area contributed by atoms with Crippen molar-refractivity contribution in [3.63, 3.8) is 0 Å². The maximum atomic E-state index is 10.8. The molecule has 10 heavy (non-hydrogen) atoms. The number of hydrogen-bond donors (Lipinski definition) is 0. The molecule has 0 saturated heterocycles. The zero-order chi connectivity index (χ0) is 8.20. The monoisotopic (exact) mass is 141 g/mol. The van der Waals surface area contributed by atoms with Crippen LogP contribution in [0.25, 0.3) is 0 Å². The minimum absolute atomic E-state index is 0.134. The van der Waals surface area contributed by atoms with Gasteiger partial charge in [-0.2, -0.15) is 0 Å². The molecule has 0 spiro atoms. The molecule has 0 heterocycles. The fraction of sp³-hybridized carbons (Fsp3) is 0.571. The van der Waals surface area contributed by atoms with Crippen molar-refractivity contribution in [1.82, 2.24) is 0 Å². The van der Waals surface area contributed by atoms with Crippen molar-refractivity contribution in [1.29, 1.82) is 0 Å². The molecule has 0 atom stereocenters. The van der Waals surface area contributed by atoms with Crippen molar-refractivity contribution in [2.75, 3.05) is 6.61 Å². The van der Waals surface area contributed by atoms with Crippen LogP contribution in [0.15, 0.2) is 0 Å². The normalized spacial score (nSPS) is 10.2. The highest BCUT2D eigenvalue weighted by Crippen LogP contribution is 2.03. The minimum atomic E-state index is -1.70. The SMILES string of the molecule is C#CCOC(=O)C(C)(C)[O]. The van der Waals surface area contributed by atoms with E-state index in [1.54, 1.807) is 0 Å². The number of rotatable bonds is 2. The Bertz CT molecular complexity index is 159. The van der Waals surface area contributed by atoms with Gasteiger partial charge >= 0.3 is 5.97 Å². The molecule has 0 saturated carbocycles. The third-order valence-corrected chi connectivity index (χ3v) is 0.778. The van der Waals surface area contributed by atoms with E-state index in [0.29, 0.717) is 0 Å². The lowest BCUT2D eigenvalue weighted by Crippen LogP contribution is -2.31. The summed E-state index contributed by atoms with van der Waals surface area (Å²) in [6, 6.07) is 0. The first-order valence-corrected chi connectivity index (χ1v) is 2.79. The summed E-state index contributed by atoms with van der Waals surface area (Å²) in [4.78, 5) is 10.6. The molecule has 0 amide bonds. The Morgan fingerprint density at radius 2 is 2.20 bits per heavy atom. The van der Waals surface area contributed by atoms with E-state index in [-0.39, 0.29) is 6.61 Å². The Balaban J connectivity index is 3.78. The summed E-state index contributed by atoms with van der Waals surface area (Å²) >= 11 is 0. The van der Waals surface area contributed by atoms with Crippen LogP contribution in [0.1, 0.15) is 13.8 Å². The Labute approximate surface area is 60.0 Å². The Morgan fingerprint density at radius 3 is 2.50 bits per heavy atom. The second-order valence-electron chi connectivity index (χ2n) is 2.29. The van der Waals surface area contributed by atoms with Gasteiger partial charge in [0.15, 0.2) is 12.2 Å². The van der Waals surface area contributed by atoms with Gasteiger partial charge < -0.3 is 4.74 Å². The standard InChI is InChI=1S/C7H9O3/c1-4-5-10-6(8)7(2,3)9/h1H,5H2,2-3H3. The molecular formula is C7H9O3. The summed E-state index contributed by atoms with van der Waals surface area (Å²) in [7, 11) is 0. The van der Waals surface area contributed by atoms with Gasteiger partial charge in [-0.15, -0.1) is 6.42 Å². The largest absolute Gasteiger partial charge is 0.450 e. The highest BCUT2D eigenvalue weighted by atomic mass is 16.5. The van der Waals surface area contributed by atoms with Gasteiger partial charge in [-0.1, -0.05) is 5.92 Å². The average molecular weight is 141 g/mol. The molecule has 0 unspecified atom stereocenters. The predicted molar refractivity (Wildman–Crippen MR) is 34.6 cm³/mol. The quantitative estimate of drug-likeness (QED) is 0.412. The van der Waals surface area contributed by atoms with Crippen LogP contribution >= 0.6 is 0 Å². The van der Waals surface area contributed by atoms with Crippen LogP contribution in [0.5, 0.6) is 0 Å². The molecule has 0 bridgehead atoms. The summed E-state index contributed by atoms with van der Waals surface area (Å²) in [5.41, 5.74) is -1.70. The van der Waals surface area contributed by atoms with Crippen molar-refractivity contribution in [2.45, 2.75) is 19.4 Å². The average Bonchev–Trinajstić information content (AvgIpc) is 1.80. The van der Waals surface area contributed by atoms with Crippen LogP contribution in [0.3, 0.4) is 0 Å². The highest BCUT2D eigenvalue weighted by Gasteiger charge is 2.27. The molecule has 0 aliphatic carbocycles. The first-order valence-electron chi connectivity index (χ1n) is 2.79. The zero-order valence-corrected chi connectivity index (χ0v) is 6.01. The lowest BCUT2D eigenvalue weighted by molar-refractivity contribution is -0.166. The van der Waals surface area contributed by atoms with Crippen molar-refractivity contribution in [3.8, 4) is 12.3 Å². The molecule has 3 nitrogen and oxygen atoms in total. The summed E-state index contributed by atoms with van der Waals surface area (Å²) < 4.78 is 4.37. The van der Waals surface area contributed by atoms with Gasteiger partial charge in [-0.25, -0.2) is 9.90 Å². The van der Waals surface area contributed by atoms with Crippen molar-refractivity contribution >= 4 is 5.97 Å². The number of terminal acetylenes is 1. The van der Waals surface area contributed by atoms with Crippen molar-refractivity contribution in [2.24, 2.45) is 0 Å². The van der Waals surface area contributed by atoms with Crippen LogP contribution in [-0.2, 0) is 14.6 Å². The van der Waals surface area contributed by atoms with Crippen LogP contribution in [-0.4, -0.2) is 18.2 Å². The van der Waals surface area contributed by atoms with Gasteiger partial charge in [0.25, 0.3) is 0 Å². The second kappa shape index (κ2) is 3.23. The van der Waals surface area contributed by atoms with Crippen molar-refractivity contribution in [3.05, 3.63) is 0 Å². The fourth-order valence-electron chi connectivity index (χ4n) is 0.281. The van der Waals surface area contributed by atoms with E-state index in [4.69, 9.17) is 6.42 Å². The van der Waals surface area contributed by atoms with E-state index >= 15 is 0 Å². The molecule has 55 valence electrons. The lowest BCUT2D eigenvalue weighted by Gasteiger charge is -2.10. The molecule has 0 N–H and O–H groups in total. The van der Waals surface area contributed by atoms with E-state index in [1.165, 1.54) is 13.8 Å². The first-order chi connectivity index (χ1) is 4.48. The second-order valence-corrected chi connectivity index (χ2v) is 2.29. The molecule has 0 aliphatic heterocycles. The number of hydrogen-bond acceptors (Lipinski definition) is 2. The first kappa shape index (κ1) is 8.99. The van der Waals surface area contributed by atoms with Crippen LogP contribution < -0.4 is 0 Å². The third kappa shape index (κ3) is 3.10. The van der Waals surface area contributed by atoms with E-state index in [0.717, 1.165) is 0 Å². The third-order valence-electron chi connectivity index (χ3n) is 0.778. The Morgan fingerprint density at radius 1 is 1.70 bits per heavy atom. The summed E-state index contributed by atoms with van der Waals surface area (Å²) in [6.45, 7) is 2.32. The molecular weight excluding hydrogens is 132 g/mol. The van der Waals surface area contributed by atoms with Crippen LogP contribution in [0, 0.1) is 12.3 Å². The molecule has 0 fully saturated rings. The highest BCUT2D eigenvalue weighted by molar-refractivity contribution is 5.78. The smallest absolute Gasteiger partial charge is 0.342 e. The predicted octanol–water partition coefficient (Wildman–Crippen LogP) is 0.372. The maximum Gasteiger partial charge on any atom is 0.342 e. The van der Waals surface area contributed by atoms with Crippen LogP contribution in [0.4, 0.5) is 0 Å². The Hall–Kier alpha value is -1.01. The van der Waals surface area contributed by atoms with Crippen molar-refractivity contribution < 1.29 is 14.6 Å². The lowest BCUT2D eigenvalue weighted by atomic mass is 10.1. The van der Waals surface area contributed by atoms with Crippen LogP contribution in [0.2, 0.25) is 0 Å². The van der Waals surface area contributed by atoms with Gasteiger partial charge in [0, 0.05) is 0 Å². The number of carbonyl (C=O) groups excluding carboxylic acids is 1. The molecule has 0 aromatic rings. The van der Waals surface area contributed by atoms with E-state index in [9.17, 15) is 9.90 Å². The number of ether oxygens (including phenoxy) is 1. The van der Waals surface area contributed by atoms with Gasteiger partial charge in [0.1, 0.15) is 0 Å². The summed E-state index contributed by atoms with van der Waals surface area (Å²) in [5, 5.41) is 10.8. The molecule has 0 rings (SSSR count). The van der Waals surface area contributed by atoms with E-state index < -0.39 is 11.6 Å². The Kier molecular flexibility index (Phi) is 2.91. The van der Waals surface area contributed by atoms with Gasteiger partial charge in [-0.05, 0) is 13.8 Å². The van der Waals surface area contributed by atoms with Gasteiger partial charge in [0.2, 0.25) is 0 Å². The molecule has 3 heteroatoms. The zero-order valence-electron chi connectivity index (χ0n) is 6.01. The summed E-state index contributed by atoms with van der Waals surface area (Å²) in [5.74, 6) is 1.27. The van der Waals surface area contributed by atoms with E-state index in [2.05, 4.69) is 10.7 Å². The molecule has 0 aromatic heterocycles. The van der Waals surface area contributed by atoms with E-state index in [1.807, 2.05) is 0 Å². The maximum absolute atomic E-state index is 10.8. The topological polar surface area (TPSA) is 46.2 Å². The van der Waals surface area contributed by atoms with Gasteiger partial charge in [-0.3, -0.25) is 0 Å². The number of carbonyl (C=O) groups is 1. The molecule has 1 radical (unpaired) electrons.